The Kier molecular flexibility index (Phi) is 5.80. The maximum atomic E-state index is 12.4. The van der Waals surface area contributed by atoms with Crippen LogP contribution in [0.4, 0.5) is 5.69 Å². The van der Waals surface area contributed by atoms with E-state index in [0.717, 1.165) is 0 Å². The van der Waals surface area contributed by atoms with E-state index in [9.17, 15) is 15.2 Å². The zero-order valence-electron chi connectivity index (χ0n) is 14.5. The van der Waals surface area contributed by atoms with Crippen LogP contribution < -0.4 is 10.1 Å². The van der Waals surface area contributed by atoms with E-state index in [1.54, 1.807) is 50.2 Å². The number of phenols is 1. The molecule has 128 valence electrons. The number of ether oxygens (including phenoxy) is 1. The fourth-order valence-electron chi connectivity index (χ4n) is 2.42. The third-order valence-corrected chi connectivity index (χ3v) is 3.59. The van der Waals surface area contributed by atoms with E-state index in [0.29, 0.717) is 34.7 Å². The Morgan fingerprint density at radius 1 is 1.28 bits per heavy atom. The molecule has 5 nitrogen and oxygen atoms in total. The molecule has 25 heavy (non-hydrogen) atoms. The molecule has 0 atom stereocenters. The van der Waals surface area contributed by atoms with Crippen LogP contribution in [0.5, 0.6) is 11.5 Å². The predicted molar refractivity (Wildman–Crippen MR) is 97.4 cm³/mol. The molecule has 0 saturated carbocycles. The minimum absolute atomic E-state index is 0.0219. The lowest BCUT2D eigenvalue weighted by Gasteiger charge is -2.08. The van der Waals surface area contributed by atoms with E-state index in [2.05, 4.69) is 5.32 Å². The fraction of sp³-hybridized carbons (Fsp3) is 0.200. The summed E-state index contributed by atoms with van der Waals surface area (Å²) >= 11 is 0. The lowest BCUT2D eigenvalue weighted by molar-refractivity contribution is -0.112. The van der Waals surface area contributed by atoms with Crippen LogP contribution >= 0.6 is 0 Å². The van der Waals surface area contributed by atoms with Gasteiger partial charge in [-0.25, -0.2) is 0 Å². The fourth-order valence-corrected chi connectivity index (χ4v) is 2.42. The number of phenolic OH excluding ortho intramolecular Hbond substituents is 1. The second-order valence-corrected chi connectivity index (χ2v) is 5.59. The monoisotopic (exact) mass is 336 g/mol. The number of nitriles is 1. The lowest BCUT2D eigenvalue weighted by atomic mass is 10.0. The Morgan fingerprint density at radius 3 is 2.56 bits per heavy atom. The van der Waals surface area contributed by atoms with Gasteiger partial charge in [0.25, 0.3) is 5.91 Å². The third kappa shape index (κ3) is 4.61. The van der Waals surface area contributed by atoms with Crippen molar-refractivity contribution in [3.63, 3.8) is 0 Å². The molecule has 2 aromatic rings. The topological polar surface area (TPSA) is 82.3 Å². The summed E-state index contributed by atoms with van der Waals surface area (Å²) in [5, 5.41) is 21.8. The average molecular weight is 336 g/mol. The molecule has 0 aliphatic rings. The van der Waals surface area contributed by atoms with Crippen molar-refractivity contribution in [2.75, 3.05) is 11.9 Å². The number of hydrogen-bond donors (Lipinski definition) is 2. The first-order valence-corrected chi connectivity index (χ1v) is 7.90. The third-order valence-electron chi connectivity index (χ3n) is 3.59. The molecule has 0 spiro atoms. The quantitative estimate of drug-likeness (QED) is 0.640. The van der Waals surface area contributed by atoms with Gasteiger partial charge >= 0.3 is 0 Å². The van der Waals surface area contributed by atoms with Gasteiger partial charge in [0, 0.05) is 11.8 Å². The van der Waals surface area contributed by atoms with E-state index in [4.69, 9.17) is 4.74 Å². The highest BCUT2D eigenvalue weighted by molar-refractivity contribution is 6.09. The van der Waals surface area contributed by atoms with E-state index < -0.39 is 5.91 Å². The second-order valence-electron chi connectivity index (χ2n) is 5.59. The number of aryl methyl sites for hydroxylation is 2. The molecule has 1 amide bonds. The molecule has 0 aromatic heterocycles. The maximum absolute atomic E-state index is 12.4. The number of aromatic hydroxyl groups is 1. The van der Waals surface area contributed by atoms with E-state index in [-0.39, 0.29) is 11.3 Å². The Labute approximate surface area is 147 Å². The van der Waals surface area contributed by atoms with Crippen LogP contribution in [0.2, 0.25) is 0 Å². The Hall–Kier alpha value is -3.26. The van der Waals surface area contributed by atoms with Crippen molar-refractivity contribution >= 4 is 17.7 Å². The van der Waals surface area contributed by atoms with E-state index in [1.165, 1.54) is 6.08 Å². The normalized spacial score (nSPS) is 10.9. The summed E-state index contributed by atoms with van der Waals surface area (Å²) in [7, 11) is 0. The zero-order chi connectivity index (χ0) is 18.4. The molecule has 0 aliphatic heterocycles. The number of amides is 1. The van der Waals surface area contributed by atoms with Gasteiger partial charge in [0.1, 0.15) is 23.1 Å². The average Bonchev–Trinajstić information content (AvgIpc) is 2.58. The predicted octanol–water partition coefficient (Wildman–Crippen LogP) is 3.95. The van der Waals surface area contributed by atoms with Crippen molar-refractivity contribution in [1.82, 2.24) is 0 Å². The van der Waals surface area contributed by atoms with Crippen molar-refractivity contribution in [2.45, 2.75) is 20.8 Å². The maximum Gasteiger partial charge on any atom is 0.266 e. The van der Waals surface area contributed by atoms with Gasteiger partial charge in [-0.05, 0) is 67.8 Å². The summed E-state index contributed by atoms with van der Waals surface area (Å²) in [6.07, 6.45) is 1.50. The number of nitrogens with zero attached hydrogens (tertiary/aromatic N) is 1. The van der Waals surface area contributed by atoms with Crippen LogP contribution in [-0.2, 0) is 4.79 Å². The van der Waals surface area contributed by atoms with E-state index in [1.807, 2.05) is 13.0 Å². The molecule has 0 bridgehead atoms. The number of nitrogens with one attached hydrogen (secondary N) is 1. The molecule has 0 radical (unpaired) electrons. The van der Waals surface area contributed by atoms with E-state index >= 15 is 0 Å². The standard InChI is InChI=1S/C20H20N2O3/c1-4-25-18-7-5-6-17(11-18)22-20(24)16(12-21)10-15-8-13(2)19(23)14(3)9-15/h5-11,23H,4H2,1-3H3,(H,22,24)/b16-10-. The molecule has 5 heteroatoms. The van der Waals surface area contributed by atoms with Crippen LogP contribution in [0.15, 0.2) is 42.0 Å². The SMILES string of the molecule is CCOc1cccc(NC(=O)/C(C#N)=C\c2cc(C)c(O)c(C)c2)c1. The Morgan fingerprint density at radius 2 is 1.96 bits per heavy atom. The van der Waals surface area contributed by atoms with Crippen LogP contribution in [0, 0.1) is 25.2 Å². The highest BCUT2D eigenvalue weighted by Gasteiger charge is 2.11. The molecule has 2 aromatic carbocycles. The highest BCUT2D eigenvalue weighted by Crippen LogP contribution is 2.24. The van der Waals surface area contributed by atoms with Gasteiger partial charge in [0.2, 0.25) is 0 Å². The second kappa shape index (κ2) is 8.02. The molecule has 0 heterocycles. The smallest absolute Gasteiger partial charge is 0.266 e. The van der Waals surface area contributed by atoms with Gasteiger partial charge in [-0.3, -0.25) is 4.79 Å². The van der Waals surface area contributed by atoms with Gasteiger partial charge in [-0.2, -0.15) is 5.26 Å². The molecule has 2 rings (SSSR count). The van der Waals surface area contributed by atoms with Crippen molar-refractivity contribution in [1.29, 1.82) is 5.26 Å². The Bertz CT molecular complexity index is 840. The van der Waals surface area contributed by atoms with Crippen LogP contribution in [0.1, 0.15) is 23.6 Å². The number of rotatable bonds is 5. The van der Waals surface area contributed by atoms with Crippen molar-refractivity contribution in [3.8, 4) is 17.6 Å². The first-order chi connectivity index (χ1) is 11.9. The minimum Gasteiger partial charge on any atom is -0.507 e. The molecular weight excluding hydrogens is 316 g/mol. The first-order valence-electron chi connectivity index (χ1n) is 7.90. The minimum atomic E-state index is -0.500. The summed E-state index contributed by atoms with van der Waals surface area (Å²) < 4.78 is 5.39. The van der Waals surface area contributed by atoms with Gasteiger partial charge in [-0.1, -0.05) is 6.07 Å². The molecule has 0 saturated heterocycles. The van der Waals surface area contributed by atoms with Gasteiger partial charge in [-0.15, -0.1) is 0 Å². The summed E-state index contributed by atoms with van der Waals surface area (Å²) in [4.78, 5) is 12.4. The van der Waals surface area contributed by atoms with Gasteiger partial charge < -0.3 is 15.2 Å². The lowest BCUT2D eigenvalue weighted by Crippen LogP contribution is -2.13. The van der Waals surface area contributed by atoms with Crippen LogP contribution in [-0.4, -0.2) is 17.6 Å². The molecule has 0 unspecified atom stereocenters. The van der Waals surface area contributed by atoms with Gasteiger partial charge in [0.15, 0.2) is 0 Å². The van der Waals surface area contributed by atoms with Gasteiger partial charge in [0.05, 0.1) is 6.61 Å². The van der Waals surface area contributed by atoms with Crippen molar-refractivity contribution in [3.05, 3.63) is 58.7 Å². The number of carbonyl (C=O) groups is 1. The number of carbonyl (C=O) groups excluding carboxylic acids is 1. The van der Waals surface area contributed by atoms with Crippen LogP contribution in [0.25, 0.3) is 6.08 Å². The first kappa shape index (κ1) is 18.1. The van der Waals surface area contributed by atoms with Crippen molar-refractivity contribution < 1.29 is 14.6 Å². The largest absolute Gasteiger partial charge is 0.507 e. The Balaban J connectivity index is 2.24. The summed E-state index contributed by atoms with van der Waals surface area (Å²) in [5.41, 5.74) is 2.59. The highest BCUT2D eigenvalue weighted by atomic mass is 16.5. The molecule has 0 fully saturated rings. The number of benzene rings is 2. The summed E-state index contributed by atoms with van der Waals surface area (Å²) in [5.74, 6) is 0.361. The molecular formula is C20H20N2O3. The zero-order valence-corrected chi connectivity index (χ0v) is 14.5. The number of hydrogen-bond acceptors (Lipinski definition) is 4. The van der Waals surface area contributed by atoms with Crippen molar-refractivity contribution in [2.24, 2.45) is 0 Å². The summed E-state index contributed by atoms with van der Waals surface area (Å²) in [6, 6.07) is 12.4. The summed E-state index contributed by atoms with van der Waals surface area (Å²) in [6.45, 7) is 5.94. The van der Waals surface area contributed by atoms with Crippen LogP contribution in [0.3, 0.4) is 0 Å². The molecule has 2 N–H and O–H groups in total. The molecule has 0 aliphatic carbocycles. The number of anilines is 1.